The van der Waals surface area contributed by atoms with E-state index in [9.17, 15) is 17.6 Å². The van der Waals surface area contributed by atoms with Crippen molar-refractivity contribution in [3.05, 3.63) is 64.0 Å². The lowest BCUT2D eigenvalue weighted by atomic mass is 10.1. The first-order valence-electron chi connectivity index (χ1n) is 6.54. The summed E-state index contributed by atoms with van der Waals surface area (Å²) in [5.41, 5.74) is -0.943. The third-order valence-electron chi connectivity index (χ3n) is 3.18. The fourth-order valence-corrected chi connectivity index (χ4v) is 2.71. The molecule has 2 aromatic carbocycles. The van der Waals surface area contributed by atoms with E-state index >= 15 is 0 Å². The average molecular weight is 376 g/mol. The number of nitrogens with zero attached hydrogens (tertiary/aromatic N) is 1. The zero-order chi connectivity index (χ0) is 17.5. The number of hydrogen-bond donors (Lipinski definition) is 0. The normalized spacial score (nSPS) is 11.8. The Morgan fingerprint density at radius 1 is 1.00 bits per heavy atom. The van der Waals surface area contributed by atoms with Crippen molar-refractivity contribution in [2.24, 2.45) is 0 Å². The number of rotatable bonds is 2. The van der Waals surface area contributed by atoms with Crippen molar-refractivity contribution in [1.82, 2.24) is 4.98 Å². The molecule has 3 aromatic rings. The zero-order valence-electron chi connectivity index (χ0n) is 11.7. The lowest BCUT2D eigenvalue weighted by Crippen LogP contribution is -2.08. The number of ether oxygens (including phenoxy) is 1. The minimum Gasteiger partial charge on any atom is -0.456 e. The Bertz CT molecular complexity index is 911. The van der Waals surface area contributed by atoms with E-state index in [2.05, 4.69) is 4.98 Å². The monoisotopic (exact) mass is 375 g/mol. The minimum atomic E-state index is -4.71. The third-order valence-corrected chi connectivity index (χ3v) is 3.69. The van der Waals surface area contributed by atoms with E-state index in [1.807, 2.05) is 0 Å². The van der Waals surface area contributed by atoms with Gasteiger partial charge in [-0.1, -0.05) is 23.2 Å². The van der Waals surface area contributed by atoms with Crippen LogP contribution in [0.25, 0.3) is 10.9 Å². The molecule has 0 bridgehead atoms. The quantitative estimate of drug-likeness (QED) is 0.477. The van der Waals surface area contributed by atoms with Gasteiger partial charge in [0.05, 0.1) is 15.9 Å². The van der Waals surface area contributed by atoms with Crippen LogP contribution in [-0.2, 0) is 6.18 Å². The summed E-state index contributed by atoms with van der Waals surface area (Å²) in [4.78, 5) is 3.76. The highest BCUT2D eigenvalue weighted by Crippen LogP contribution is 2.44. The predicted octanol–water partition coefficient (Wildman–Crippen LogP) is 6.49. The molecule has 124 valence electrons. The van der Waals surface area contributed by atoms with Crippen molar-refractivity contribution in [3.8, 4) is 11.5 Å². The molecule has 24 heavy (non-hydrogen) atoms. The Kier molecular flexibility index (Phi) is 4.27. The molecule has 1 aromatic heterocycles. The van der Waals surface area contributed by atoms with Gasteiger partial charge in [-0.25, -0.2) is 4.39 Å². The first-order chi connectivity index (χ1) is 11.3. The molecule has 0 N–H and O–H groups in total. The summed E-state index contributed by atoms with van der Waals surface area (Å²) in [7, 11) is 0. The molecule has 0 saturated carbocycles. The highest BCUT2D eigenvalue weighted by molar-refractivity contribution is 6.39. The number of alkyl halides is 3. The summed E-state index contributed by atoms with van der Waals surface area (Å²) in [6, 6.07) is 7.25. The highest BCUT2D eigenvalue weighted by atomic mass is 35.5. The second-order valence-electron chi connectivity index (χ2n) is 4.84. The fraction of sp³-hybridized carbons (Fsp3) is 0.0625. The average Bonchev–Trinajstić information content (AvgIpc) is 2.47. The zero-order valence-corrected chi connectivity index (χ0v) is 13.2. The van der Waals surface area contributed by atoms with Gasteiger partial charge in [0.1, 0.15) is 17.1 Å². The van der Waals surface area contributed by atoms with Crippen LogP contribution in [0.5, 0.6) is 11.5 Å². The number of benzene rings is 2. The van der Waals surface area contributed by atoms with Gasteiger partial charge in [0.25, 0.3) is 0 Å². The van der Waals surface area contributed by atoms with Crippen LogP contribution in [0, 0.1) is 5.82 Å². The Morgan fingerprint density at radius 2 is 1.67 bits per heavy atom. The predicted molar refractivity (Wildman–Crippen MR) is 83.2 cm³/mol. The third kappa shape index (κ3) is 3.25. The summed E-state index contributed by atoms with van der Waals surface area (Å²) in [5, 5.41) is 0.168. The number of aromatic nitrogens is 1. The van der Waals surface area contributed by atoms with E-state index in [-0.39, 0.29) is 26.7 Å². The van der Waals surface area contributed by atoms with E-state index in [0.717, 1.165) is 12.1 Å². The van der Waals surface area contributed by atoms with Crippen LogP contribution in [0.15, 0.2) is 42.6 Å². The molecule has 0 unspecified atom stereocenters. The molecule has 3 rings (SSSR count). The van der Waals surface area contributed by atoms with Crippen LogP contribution in [0.2, 0.25) is 10.0 Å². The first kappa shape index (κ1) is 16.8. The lowest BCUT2D eigenvalue weighted by Gasteiger charge is -2.16. The maximum absolute atomic E-state index is 13.3. The van der Waals surface area contributed by atoms with Gasteiger partial charge in [0, 0.05) is 11.2 Å². The molecule has 0 atom stereocenters. The van der Waals surface area contributed by atoms with Crippen molar-refractivity contribution in [3.63, 3.8) is 0 Å². The standard InChI is InChI=1S/C16H7Cl2F4NO/c17-8-5-12(18)14-13(6-8)23-7-11(16(20,21)22)15(14)24-10-3-1-9(19)2-4-10/h1-7H. The molecule has 0 spiro atoms. The maximum Gasteiger partial charge on any atom is 0.421 e. The molecule has 1 heterocycles. The minimum absolute atomic E-state index is 0.0276. The van der Waals surface area contributed by atoms with Crippen LogP contribution in [0.4, 0.5) is 17.6 Å². The van der Waals surface area contributed by atoms with Crippen molar-refractivity contribution in [2.75, 3.05) is 0 Å². The second-order valence-corrected chi connectivity index (χ2v) is 5.68. The van der Waals surface area contributed by atoms with Crippen molar-refractivity contribution in [2.45, 2.75) is 6.18 Å². The van der Waals surface area contributed by atoms with Gasteiger partial charge in [-0.05, 0) is 36.4 Å². The molecule has 0 aliphatic heterocycles. The topological polar surface area (TPSA) is 22.1 Å². The van der Waals surface area contributed by atoms with Crippen molar-refractivity contribution < 1.29 is 22.3 Å². The van der Waals surface area contributed by atoms with Crippen LogP contribution in [0.3, 0.4) is 0 Å². The van der Waals surface area contributed by atoms with E-state index in [1.165, 1.54) is 24.3 Å². The molecular weight excluding hydrogens is 369 g/mol. The Balaban J connectivity index is 2.26. The largest absolute Gasteiger partial charge is 0.456 e. The summed E-state index contributed by atoms with van der Waals surface area (Å²) in [6.07, 6.45) is -4.06. The number of fused-ring (bicyclic) bond motifs is 1. The summed E-state index contributed by atoms with van der Waals surface area (Å²) >= 11 is 11.9. The number of hydrogen-bond acceptors (Lipinski definition) is 2. The fourth-order valence-electron chi connectivity index (χ4n) is 2.14. The van der Waals surface area contributed by atoms with Crippen molar-refractivity contribution in [1.29, 1.82) is 0 Å². The van der Waals surface area contributed by atoms with Gasteiger partial charge < -0.3 is 4.74 Å². The van der Waals surface area contributed by atoms with Crippen LogP contribution < -0.4 is 4.74 Å². The Hall–Kier alpha value is -2.05. The highest BCUT2D eigenvalue weighted by Gasteiger charge is 2.36. The molecule has 0 aliphatic rings. The van der Waals surface area contributed by atoms with E-state index < -0.39 is 23.3 Å². The summed E-state index contributed by atoms with van der Waals surface area (Å²) in [5.74, 6) is -1.02. The molecule has 0 radical (unpaired) electrons. The van der Waals surface area contributed by atoms with Gasteiger partial charge in [-0.3, -0.25) is 4.98 Å². The van der Waals surface area contributed by atoms with E-state index in [0.29, 0.717) is 6.20 Å². The molecule has 0 amide bonds. The first-order valence-corrected chi connectivity index (χ1v) is 7.29. The van der Waals surface area contributed by atoms with Crippen LogP contribution in [-0.4, -0.2) is 4.98 Å². The van der Waals surface area contributed by atoms with E-state index in [4.69, 9.17) is 27.9 Å². The maximum atomic E-state index is 13.3. The molecule has 0 fully saturated rings. The second kappa shape index (κ2) is 6.11. The number of halogens is 6. The van der Waals surface area contributed by atoms with E-state index in [1.54, 1.807) is 0 Å². The van der Waals surface area contributed by atoms with Crippen LogP contribution >= 0.6 is 23.2 Å². The van der Waals surface area contributed by atoms with Gasteiger partial charge in [0.2, 0.25) is 0 Å². The smallest absolute Gasteiger partial charge is 0.421 e. The van der Waals surface area contributed by atoms with Gasteiger partial charge >= 0.3 is 6.18 Å². The Morgan fingerprint density at radius 3 is 2.29 bits per heavy atom. The lowest BCUT2D eigenvalue weighted by molar-refractivity contribution is -0.138. The van der Waals surface area contributed by atoms with Gasteiger partial charge in [0.15, 0.2) is 5.75 Å². The van der Waals surface area contributed by atoms with Gasteiger partial charge in [-0.2, -0.15) is 13.2 Å². The molecule has 2 nitrogen and oxygen atoms in total. The summed E-state index contributed by atoms with van der Waals surface area (Å²) < 4.78 is 58.3. The SMILES string of the molecule is Fc1ccc(Oc2c(C(F)(F)F)cnc3cc(Cl)cc(Cl)c23)cc1. The van der Waals surface area contributed by atoms with Crippen molar-refractivity contribution >= 4 is 34.1 Å². The molecule has 0 saturated heterocycles. The van der Waals surface area contributed by atoms with Gasteiger partial charge in [-0.15, -0.1) is 0 Å². The molecule has 0 aliphatic carbocycles. The van der Waals surface area contributed by atoms with Crippen LogP contribution in [0.1, 0.15) is 5.56 Å². The number of pyridine rings is 1. The molecule has 8 heteroatoms. The summed E-state index contributed by atoms with van der Waals surface area (Å²) in [6.45, 7) is 0. The Labute approximate surface area is 143 Å². The molecular formula is C16H7Cl2F4NO.